The molecular formula is C31H29N3O6S. The maximum Gasteiger partial charge on any atom is 0.271 e. The fraction of sp³-hybridized carbons (Fsp3) is 0.194. The van der Waals surface area contributed by atoms with Gasteiger partial charge in [-0.15, -0.1) is 0 Å². The molecule has 1 unspecified atom stereocenters. The summed E-state index contributed by atoms with van der Waals surface area (Å²) < 4.78 is 24.0. The predicted octanol–water partition coefficient (Wildman–Crippen LogP) is 3.91. The van der Waals surface area contributed by atoms with E-state index in [9.17, 15) is 9.59 Å². The number of thiazole rings is 1. The van der Waals surface area contributed by atoms with Crippen LogP contribution in [0.2, 0.25) is 0 Å². The molecule has 9 nitrogen and oxygen atoms in total. The van der Waals surface area contributed by atoms with E-state index in [1.807, 2.05) is 42.5 Å². The Kier molecular flexibility index (Phi) is 7.93. The first kappa shape index (κ1) is 27.7. The van der Waals surface area contributed by atoms with Crippen molar-refractivity contribution in [3.05, 3.63) is 109 Å². The fourth-order valence-corrected chi connectivity index (χ4v) is 5.79. The van der Waals surface area contributed by atoms with Crippen molar-refractivity contribution in [2.24, 2.45) is 4.99 Å². The number of anilines is 1. The van der Waals surface area contributed by atoms with E-state index < -0.39 is 6.04 Å². The van der Waals surface area contributed by atoms with Crippen molar-refractivity contribution < 1.29 is 23.7 Å². The topological polar surface area (TPSA) is 100 Å². The number of fused-ring (bicyclic) bond motifs is 1. The van der Waals surface area contributed by atoms with E-state index in [0.717, 1.165) is 0 Å². The zero-order valence-corrected chi connectivity index (χ0v) is 24.1. The number of nitrogens with zero attached hydrogens (tertiary/aromatic N) is 2. The maximum atomic E-state index is 14.1. The van der Waals surface area contributed by atoms with Crippen LogP contribution in [-0.4, -0.2) is 38.9 Å². The third-order valence-electron chi connectivity index (χ3n) is 6.74. The van der Waals surface area contributed by atoms with Crippen LogP contribution in [0.4, 0.5) is 5.69 Å². The van der Waals surface area contributed by atoms with E-state index in [4.69, 9.17) is 23.9 Å². The molecule has 1 amide bonds. The van der Waals surface area contributed by atoms with E-state index in [1.165, 1.54) is 25.6 Å². The van der Waals surface area contributed by atoms with Gasteiger partial charge in [-0.1, -0.05) is 41.7 Å². The Hall–Kier alpha value is -4.83. The van der Waals surface area contributed by atoms with Gasteiger partial charge in [-0.25, -0.2) is 4.99 Å². The second-order valence-electron chi connectivity index (χ2n) is 9.12. The summed E-state index contributed by atoms with van der Waals surface area (Å²) >= 11 is 1.22. The Balaban J connectivity index is 1.72. The summed E-state index contributed by atoms with van der Waals surface area (Å²) in [6.45, 7) is 1.78. The molecule has 1 atom stereocenters. The quantitative estimate of drug-likeness (QED) is 0.344. The van der Waals surface area contributed by atoms with Crippen molar-refractivity contribution in [1.29, 1.82) is 0 Å². The lowest BCUT2D eigenvalue weighted by molar-refractivity contribution is -0.113. The van der Waals surface area contributed by atoms with Gasteiger partial charge in [0.15, 0.2) is 4.80 Å². The van der Waals surface area contributed by atoms with E-state index in [0.29, 0.717) is 60.4 Å². The second kappa shape index (κ2) is 11.7. The van der Waals surface area contributed by atoms with Gasteiger partial charge in [0.05, 0.1) is 55.8 Å². The molecule has 41 heavy (non-hydrogen) atoms. The van der Waals surface area contributed by atoms with Crippen molar-refractivity contribution in [3.63, 3.8) is 0 Å². The molecule has 0 radical (unpaired) electrons. The summed E-state index contributed by atoms with van der Waals surface area (Å²) in [5.41, 5.74) is 2.50. The predicted molar refractivity (Wildman–Crippen MR) is 158 cm³/mol. The number of para-hydroxylation sites is 1. The highest BCUT2D eigenvalue weighted by atomic mass is 32.1. The summed E-state index contributed by atoms with van der Waals surface area (Å²) in [7, 11) is 6.20. The number of ether oxygens (including phenoxy) is 4. The molecule has 5 rings (SSSR count). The van der Waals surface area contributed by atoms with Crippen molar-refractivity contribution in [2.45, 2.75) is 13.0 Å². The monoisotopic (exact) mass is 571 g/mol. The lowest BCUT2D eigenvalue weighted by Gasteiger charge is -2.25. The van der Waals surface area contributed by atoms with E-state index in [-0.39, 0.29) is 11.5 Å². The van der Waals surface area contributed by atoms with Gasteiger partial charge in [0.25, 0.3) is 11.5 Å². The van der Waals surface area contributed by atoms with Gasteiger partial charge in [-0.05, 0) is 42.8 Å². The molecule has 1 aromatic heterocycles. The number of allylic oxidation sites excluding steroid dienone is 1. The molecule has 4 aromatic rings. The minimum absolute atomic E-state index is 0.306. The number of carbonyl (C=O) groups is 1. The van der Waals surface area contributed by atoms with Crippen LogP contribution >= 0.6 is 11.3 Å². The zero-order valence-electron chi connectivity index (χ0n) is 23.3. The molecule has 1 N–H and O–H groups in total. The smallest absolute Gasteiger partial charge is 0.271 e. The number of methoxy groups -OCH3 is 4. The standard InChI is InChI=1S/C31H29N3O6S/c1-18-27(29(35)33-20-11-7-6-8-12-20)28(19-10-9-13-21(14-19)37-2)34-30(36)26(41-31(34)32-18)17-23-24(39-4)15-22(38-3)16-25(23)40-5/h6-17,28H,1-5H3,(H,33,35). The summed E-state index contributed by atoms with van der Waals surface area (Å²) in [6, 6.07) is 19.2. The highest BCUT2D eigenvalue weighted by Gasteiger charge is 2.33. The molecule has 2 heterocycles. The number of rotatable bonds is 8. The van der Waals surface area contributed by atoms with Crippen LogP contribution in [0.3, 0.4) is 0 Å². The van der Waals surface area contributed by atoms with Crippen LogP contribution < -0.4 is 39.2 Å². The first-order chi connectivity index (χ1) is 19.9. The number of amides is 1. The number of aromatic nitrogens is 1. The average Bonchev–Trinajstić information content (AvgIpc) is 3.30. The molecular weight excluding hydrogens is 542 g/mol. The molecule has 10 heteroatoms. The molecule has 210 valence electrons. The van der Waals surface area contributed by atoms with Gasteiger partial charge in [-0.3, -0.25) is 14.2 Å². The zero-order chi connectivity index (χ0) is 29.1. The molecule has 3 aromatic carbocycles. The number of nitrogens with one attached hydrogen (secondary N) is 1. The molecule has 0 spiro atoms. The van der Waals surface area contributed by atoms with Crippen LogP contribution in [0, 0.1) is 0 Å². The van der Waals surface area contributed by atoms with Crippen LogP contribution in [0.1, 0.15) is 24.1 Å². The molecule has 0 aliphatic carbocycles. The number of hydrogen-bond donors (Lipinski definition) is 1. The van der Waals surface area contributed by atoms with E-state index in [2.05, 4.69) is 5.32 Å². The van der Waals surface area contributed by atoms with Crippen LogP contribution in [0.15, 0.2) is 87.8 Å². The Morgan fingerprint density at radius 2 is 1.59 bits per heavy atom. The average molecular weight is 572 g/mol. The first-order valence-electron chi connectivity index (χ1n) is 12.7. The van der Waals surface area contributed by atoms with Gasteiger partial charge in [0.1, 0.15) is 23.0 Å². The van der Waals surface area contributed by atoms with Gasteiger partial charge in [0.2, 0.25) is 0 Å². The summed E-state index contributed by atoms with van der Waals surface area (Å²) in [5.74, 6) is 1.78. The van der Waals surface area contributed by atoms with Crippen LogP contribution in [-0.2, 0) is 4.79 Å². The third kappa shape index (κ3) is 5.33. The molecule has 1 aliphatic rings. The summed E-state index contributed by atoms with van der Waals surface area (Å²) in [6.07, 6.45) is 1.71. The SMILES string of the molecule is COc1cccc(C2C(C(=O)Nc3ccccc3)=C(C)N=c3sc(=Cc4c(OC)cc(OC)cc4OC)c(=O)n32)c1. The van der Waals surface area contributed by atoms with Gasteiger partial charge < -0.3 is 24.3 Å². The van der Waals surface area contributed by atoms with Crippen molar-refractivity contribution >= 4 is 29.0 Å². The van der Waals surface area contributed by atoms with E-state index in [1.54, 1.807) is 56.1 Å². The number of carbonyl (C=O) groups excluding carboxylic acids is 1. The Morgan fingerprint density at radius 1 is 0.902 bits per heavy atom. The minimum Gasteiger partial charge on any atom is -0.497 e. The molecule has 1 aliphatic heterocycles. The third-order valence-corrected chi connectivity index (χ3v) is 7.72. The first-order valence-corrected chi connectivity index (χ1v) is 13.5. The minimum atomic E-state index is -0.744. The van der Waals surface area contributed by atoms with Crippen molar-refractivity contribution in [1.82, 2.24) is 4.57 Å². The number of benzene rings is 3. The fourth-order valence-electron chi connectivity index (χ4n) is 4.76. The molecule has 0 fully saturated rings. The lowest BCUT2D eigenvalue weighted by atomic mass is 9.95. The largest absolute Gasteiger partial charge is 0.497 e. The second-order valence-corrected chi connectivity index (χ2v) is 10.1. The van der Waals surface area contributed by atoms with E-state index >= 15 is 0 Å². The highest BCUT2D eigenvalue weighted by Crippen LogP contribution is 2.35. The van der Waals surface area contributed by atoms with Gasteiger partial charge in [-0.2, -0.15) is 0 Å². The molecule has 0 saturated carbocycles. The Bertz CT molecular complexity index is 1800. The van der Waals surface area contributed by atoms with Crippen molar-refractivity contribution in [3.8, 4) is 23.0 Å². The van der Waals surface area contributed by atoms with Gasteiger partial charge in [0, 0.05) is 17.8 Å². The van der Waals surface area contributed by atoms with Crippen LogP contribution in [0.5, 0.6) is 23.0 Å². The normalized spacial score (nSPS) is 14.7. The lowest BCUT2D eigenvalue weighted by Crippen LogP contribution is -2.40. The van der Waals surface area contributed by atoms with Gasteiger partial charge >= 0.3 is 0 Å². The highest BCUT2D eigenvalue weighted by molar-refractivity contribution is 7.07. The molecule has 0 saturated heterocycles. The maximum absolute atomic E-state index is 14.1. The Labute approximate surface area is 240 Å². The summed E-state index contributed by atoms with van der Waals surface area (Å²) in [5, 5.41) is 2.96. The summed E-state index contributed by atoms with van der Waals surface area (Å²) in [4.78, 5) is 33.0. The number of hydrogen-bond acceptors (Lipinski definition) is 8. The Morgan fingerprint density at radius 3 is 2.22 bits per heavy atom. The van der Waals surface area contributed by atoms with Crippen LogP contribution in [0.25, 0.3) is 6.08 Å². The molecule has 0 bridgehead atoms. The van der Waals surface area contributed by atoms with Crippen molar-refractivity contribution in [2.75, 3.05) is 33.8 Å².